The van der Waals surface area contributed by atoms with Crippen LogP contribution in [-0.4, -0.2) is 28.0 Å². The molecule has 1 atom stereocenters. The minimum atomic E-state index is 0.197. The summed E-state index contributed by atoms with van der Waals surface area (Å²) in [6.45, 7) is 0.864. The lowest BCUT2D eigenvalue weighted by molar-refractivity contribution is 0.102. The molecule has 100 valence electrons. The maximum atomic E-state index is 9.43. The van der Waals surface area contributed by atoms with Gasteiger partial charge in [0.05, 0.1) is 6.10 Å². The molecule has 0 aliphatic carbocycles. The quantitative estimate of drug-likeness (QED) is 0.915. The largest absolute Gasteiger partial charge is 0.508 e. The predicted molar refractivity (Wildman–Crippen MR) is 68.7 cm³/mol. The van der Waals surface area contributed by atoms with Crippen LogP contribution in [0.15, 0.2) is 28.8 Å². The number of phenols is 1. The Labute approximate surface area is 111 Å². The SMILES string of the molecule is Oc1cccc(-c2noc(CCC3CCCO3)n2)c1. The first-order valence-electron chi connectivity index (χ1n) is 6.55. The second-order valence-electron chi connectivity index (χ2n) is 4.74. The van der Waals surface area contributed by atoms with Gasteiger partial charge in [-0.05, 0) is 31.4 Å². The zero-order valence-corrected chi connectivity index (χ0v) is 10.6. The number of hydrogen-bond donors (Lipinski definition) is 1. The summed E-state index contributed by atoms with van der Waals surface area (Å²) in [5.41, 5.74) is 0.757. The van der Waals surface area contributed by atoms with Gasteiger partial charge in [-0.2, -0.15) is 4.98 Å². The van der Waals surface area contributed by atoms with Gasteiger partial charge in [-0.15, -0.1) is 0 Å². The van der Waals surface area contributed by atoms with E-state index in [1.807, 2.05) is 6.07 Å². The monoisotopic (exact) mass is 260 g/mol. The number of rotatable bonds is 4. The van der Waals surface area contributed by atoms with Crippen molar-refractivity contribution in [2.24, 2.45) is 0 Å². The third kappa shape index (κ3) is 2.93. The summed E-state index contributed by atoms with van der Waals surface area (Å²) in [6.07, 6.45) is 4.24. The molecule has 1 aliphatic rings. The minimum absolute atomic E-state index is 0.197. The molecule has 19 heavy (non-hydrogen) atoms. The Bertz CT molecular complexity index is 547. The Kier molecular flexibility index (Phi) is 3.46. The minimum Gasteiger partial charge on any atom is -0.508 e. The Morgan fingerprint density at radius 3 is 3.11 bits per heavy atom. The van der Waals surface area contributed by atoms with Gasteiger partial charge in [0.1, 0.15) is 5.75 Å². The van der Waals surface area contributed by atoms with E-state index in [0.717, 1.165) is 37.9 Å². The molecule has 1 saturated heterocycles. The van der Waals surface area contributed by atoms with Crippen LogP contribution in [0.5, 0.6) is 5.75 Å². The number of aromatic hydroxyl groups is 1. The molecule has 1 aromatic heterocycles. The summed E-state index contributed by atoms with van der Waals surface area (Å²) in [5.74, 6) is 1.33. The van der Waals surface area contributed by atoms with E-state index in [1.165, 1.54) is 0 Å². The molecule has 5 nitrogen and oxygen atoms in total. The predicted octanol–water partition coefficient (Wildman–Crippen LogP) is 2.55. The van der Waals surface area contributed by atoms with Crippen molar-refractivity contribution in [1.29, 1.82) is 0 Å². The summed E-state index contributed by atoms with van der Waals surface area (Å²) in [7, 11) is 0. The molecule has 1 unspecified atom stereocenters. The standard InChI is InChI=1S/C14H16N2O3/c17-11-4-1-3-10(9-11)14-15-13(19-16-14)7-6-12-5-2-8-18-12/h1,3-4,9,12,17H,2,5-8H2. The first-order valence-corrected chi connectivity index (χ1v) is 6.55. The van der Waals surface area contributed by atoms with Crippen molar-refractivity contribution < 1.29 is 14.4 Å². The molecule has 2 aromatic rings. The molecule has 1 aromatic carbocycles. The molecule has 0 radical (unpaired) electrons. The zero-order chi connectivity index (χ0) is 13.1. The van der Waals surface area contributed by atoms with Crippen molar-refractivity contribution in [2.75, 3.05) is 6.61 Å². The zero-order valence-electron chi connectivity index (χ0n) is 10.6. The molecule has 1 fully saturated rings. The van der Waals surface area contributed by atoms with Crippen LogP contribution in [0.2, 0.25) is 0 Å². The second kappa shape index (κ2) is 5.40. The van der Waals surface area contributed by atoms with Gasteiger partial charge in [-0.25, -0.2) is 0 Å². The van der Waals surface area contributed by atoms with E-state index in [0.29, 0.717) is 17.8 Å². The number of nitrogens with zero attached hydrogens (tertiary/aromatic N) is 2. The third-order valence-corrected chi connectivity index (χ3v) is 3.28. The molecule has 2 heterocycles. The van der Waals surface area contributed by atoms with Gasteiger partial charge < -0.3 is 14.4 Å². The van der Waals surface area contributed by atoms with Crippen LogP contribution in [0.3, 0.4) is 0 Å². The van der Waals surface area contributed by atoms with Crippen molar-refractivity contribution in [3.8, 4) is 17.1 Å². The molecule has 0 bridgehead atoms. The van der Waals surface area contributed by atoms with Gasteiger partial charge in [0.25, 0.3) is 0 Å². The van der Waals surface area contributed by atoms with Crippen molar-refractivity contribution in [3.63, 3.8) is 0 Å². The highest BCUT2D eigenvalue weighted by atomic mass is 16.5. The maximum absolute atomic E-state index is 9.43. The number of ether oxygens (including phenoxy) is 1. The molecule has 1 N–H and O–H groups in total. The topological polar surface area (TPSA) is 68.4 Å². The highest BCUT2D eigenvalue weighted by Gasteiger charge is 2.17. The van der Waals surface area contributed by atoms with Crippen molar-refractivity contribution >= 4 is 0 Å². The van der Waals surface area contributed by atoms with Crippen LogP contribution in [0.1, 0.15) is 25.2 Å². The Morgan fingerprint density at radius 1 is 1.37 bits per heavy atom. The van der Waals surface area contributed by atoms with Gasteiger partial charge in [0.15, 0.2) is 0 Å². The first kappa shape index (κ1) is 12.2. The summed E-state index contributed by atoms with van der Waals surface area (Å²) >= 11 is 0. The average Bonchev–Trinajstić information content (AvgIpc) is 3.08. The second-order valence-corrected chi connectivity index (χ2v) is 4.74. The van der Waals surface area contributed by atoms with Crippen LogP contribution < -0.4 is 0 Å². The molecular weight excluding hydrogens is 244 g/mol. The Hall–Kier alpha value is -1.88. The van der Waals surface area contributed by atoms with Gasteiger partial charge >= 0.3 is 0 Å². The summed E-state index contributed by atoms with van der Waals surface area (Å²) in [4.78, 5) is 4.34. The molecule has 0 saturated carbocycles. The van der Waals surface area contributed by atoms with Gasteiger partial charge in [0.2, 0.25) is 11.7 Å². The smallest absolute Gasteiger partial charge is 0.227 e. The van der Waals surface area contributed by atoms with E-state index in [-0.39, 0.29) is 5.75 Å². The normalized spacial score (nSPS) is 18.8. The summed E-state index contributed by atoms with van der Waals surface area (Å²) < 4.78 is 10.8. The molecular formula is C14H16N2O3. The fraction of sp³-hybridized carbons (Fsp3) is 0.429. The van der Waals surface area contributed by atoms with Crippen LogP contribution in [0, 0.1) is 0 Å². The lowest BCUT2D eigenvalue weighted by Gasteiger charge is -2.05. The number of phenolic OH excluding ortho intramolecular Hbond substituents is 1. The fourth-order valence-corrected chi connectivity index (χ4v) is 2.28. The first-order chi connectivity index (χ1) is 9.31. The summed E-state index contributed by atoms with van der Waals surface area (Å²) in [6, 6.07) is 6.83. The maximum Gasteiger partial charge on any atom is 0.227 e. The molecule has 1 aliphatic heterocycles. The molecule has 5 heteroatoms. The van der Waals surface area contributed by atoms with Crippen LogP contribution >= 0.6 is 0 Å². The van der Waals surface area contributed by atoms with Crippen molar-refractivity contribution in [2.45, 2.75) is 31.8 Å². The number of hydrogen-bond acceptors (Lipinski definition) is 5. The molecule has 3 rings (SSSR count). The van der Waals surface area contributed by atoms with Gasteiger partial charge in [-0.3, -0.25) is 0 Å². The third-order valence-electron chi connectivity index (χ3n) is 3.28. The lowest BCUT2D eigenvalue weighted by Crippen LogP contribution is -2.06. The number of benzene rings is 1. The van der Waals surface area contributed by atoms with E-state index in [1.54, 1.807) is 18.2 Å². The Morgan fingerprint density at radius 2 is 2.32 bits per heavy atom. The number of aryl methyl sites for hydroxylation is 1. The van der Waals surface area contributed by atoms with E-state index < -0.39 is 0 Å². The highest BCUT2D eigenvalue weighted by Crippen LogP contribution is 2.22. The van der Waals surface area contributed by atoms with Gasteiger partial charge in [-0.1, -0.05) is 17.3 Å². The van der Waals surface area contributed by atoms with E-state index in [4.69, 9.17) is 9.26 Å². The fourth-order valence-electron chi connectivity index (χ4n) is 2.28. The van der Waals surface area contributed by atoms with Crippen molar-refractivity contribution in [1.82, 2.24) is 10.1 Å². The van der Waals surface area contributed by atoms with Crippen LogP contribution in [-0.2, 0) is 11.2 Å². The molecule has 0 amide bonds. The number of aromatic nitrogens is 2. The van der Waals surface area contributed by atoms with Crippen molar-refractivity contribution in [3.05, 3.63) is 30.2 Å². The summed E-state index contributed by atoms with van der Waals surface area (Å²) in [5, 5.41) is 13.4. The van der Waals surface area contributed by atoms with E-state index in [2.05, 4.69) is 10.1 Å². The van der Waals surface area contributed by atoms with Gasteiger partial charge in [0, 0.05) is 18.6 Å². The van der Waals surface area contributed by atoms with Crippen LogP contribution in [0.25, 0.3) is 11.4 Å². The lowest BCUT2D eigenvalue weighted by atomic mass is 10.1. The van der Waals surface area contributed by atoms with E-state index in [9.17, 15) is 5.11 Å². The highest BCUT2D eigenvalue weighted by molar-refractivity contribution is 5.56. The van der Waals surface area contributed by atoms with Crippen LogP contribution in [0.4, 0.5) is 0 Å². The average molecular weight is 260 g/mol. The Balaban J connectivity index is 1.65. The molecule has 0 spiro atoms. The van der Waals surface area contributed by atoms with E-state index >= 15 is 0 Å².